The van der Waals surface area contributed by atoms with Gasteiger partial charge in [-0.1, -0.05) is 13.8 Å². The molecule has 0 aliphatic carbocycles. The van der Waals surface area contributed by atoms with Crippen LogP contribution < -0.4 is 11.1 Å². The zero-order valence-electron chi connectivity index (χ0n) is 12.0. The summed E-state index contributed by atoms with van der Waals surface area (Å²) >= 11 is 0. The van der Waals surface area contributed by atoms with Crippen LogP contribution in [0.5, 0.6) is 0 Å². The first-order valence-electron chi connectivity index (χ1n) is 6.69. The van der Waals surface area contributed by atoms with Gasteiger partial charge in [0.1, 0.15) is 19.0 Å². The highest BCUT2D eigenvalue weighted by Gasteiger charge is 2.15. The van der Waals surface area contributed by atoms with Crippen molar-refractivity contribution in [3.05, 3.63) is 0 Å². The van der Waals surface area contributed by atoms with E-state index in [0.717, 1.165) is 0 Å². The summed E-state index contributed by atoms with van der Waals surface area (Å²) in [6, 6.07) is -0.801. The number of ether oxygens (including phenoxy) is 1. The summed E-state index contributed by atoms with van der Waals surface area (Å²) in [4.78, 5) is 32.9. The molecule has 1 amide bonds. The van der Waals surface area contributed by atoms with Crippen LogP contribution in [-0.2, 0) is 19.1 Å². The van der Waals surface area contributed by atoms with E-state index in [4.69, 9.17) is 10.5 Å². The fourth-order valence-electron chi connectivity index (χ4n) is 1.42. The number of aliphatic hydroxyl groups excluding tert-OH is 1. The average molecular weight is 288 g/mol. The number of aliphatic hydroxyl groups is 1. The molecule has 4 N–H and O–H groups in total. The van der Waals surface area contributed by atoms with E-state index >= 15 is 0 Å². The van der Waals surface area contributed by atoms with E-state index in [1.54, 1.807) is 0 Å². The number of carbonyl (C=O) groups is 3. The fraction of sp³-hybridized carbons (Fsp3) is 0.769. The van der Waals surface area contributed by atoms with Gasteiger partial charge < -0.3 is 25.7 Å². The molecule has 0 aromatic rings. The predicted molar refractivity (Wildman–Crippen MR) is 72.7 cm³/mol. The molecule has 0 aromatic carbocycles. The zero-order chi connectivity index (χ0) is 15.5. The minimum atomic E-state index is -1.02. The number of aldehydes is 1. The third-order valence-electron chi connectivity index (χ3n) is 2.47. The second-order valence-corrected chi connectivity index (χ2v) is 5.02. The van der Waals surface area contributed by atoms with Crippen molar-refractivity contribution in [2.24, 2.45) is 11.7 Å². The van der Waals surface area contributed by atoms with Crippen LogP contribution in [-0.4, -0.2) is 48.6 Å². The highest BCUT2D eigenvalue weighted by molar-refractivity contribution is 5.80. The molecule has 0 rings (SSSR count). The highest BCUT2D eigenvalue weighted by Crippen LogP contribution is 2.04. The lowest BCUT2D eigenvalue weighted by molar-refractivity contribution is -0.144. The van der Waals surface area contributed by atoms with Crippen LogP contribution >= 0.6 is 0 Å². The molecule has 0 saturated heterocycles. The van der Waals surface area contributed by atoms with E-state index in [2.05, 4.69) is 5.32 Å². The Kier molecular flexibility index (Phi) is 9.57. The second kappa shape index (κ2) is 10.3. The molecule has 0 unspecified atom stereocenters. The van der Waals surface area contributed by atoms with Crippen LogP contribution in [0.1, 0.15) is 33.1 Å². The zero-order valence-corrected chi connectivity index (χ0v) is 12.0. The Morgan fingerprint density at radius 2 is 2.05 bits per heavy atom. The summed E-state index contributed by atoms with van der Waals surface area (Å²) < 4.78 is 4.74. The molecule has 7 heteroatoms. The van der Waals surface area contributed by atoms with Gasteiger partial charge in [-0.15, -0.1) is 0 Å². The Hall–Kier alpha value is -1.47. The summed E-state index contributed by atoms with van der Waals surface area (Å²) in [5, 5.41) is 12.1. The monoisotopic (exact) mass is 288 g/mol. The van der Waals surface area contributed by atoms with Gasteiger partial charge in [0.25, 0.3) is 0 Å². The Morgan fingerprint density at radius 3 is 2.60 bits per heavy atom. The van der Waals surface area contributed by atoms with E-state index < -0.39 is 24.0 Å². The molecular weight excluding hydrogens is 264 g/mol. The van der Waals surface area contributed by atoms with Crippen molar-refractivity contribution < 1.29 is 24.2 Å². The van der Waals surface area contributed by atoms with Crippen molar-refractivity contribution in [3.8, 4) is 0 Å². The average Bonchev–Trinajstić information content (AvgIpc) is 2.39. The van der Waals surface area contributed by atoms with E-state index in [1.807, 2.05) is 13.8 Å². The van der Waals surface area contributed by atoms with Gasteiger partial charge in [0.2, 0.25) is 5.91 Å². The van der Waals surface area contributed by atoms with Gasteiger partial charge in [-0.25, -0.2) is 0 Å². The third-order valence-corrected chi connectivity index (χ3v) is 2.47. The lowest BCUT2D eigenvalue weighted by atomic mass is 10.1. The first-order chi connectivity index (χ1) is 9.36. The number of nitrogens with one attached hydrogen (secondary N) is 1. The molecule has 0 aliphatic rings. The Bertz CT molecular complexity index is 320. The SMILES string of the molecule is CC(C)C[C@H](O)C(=O)NCCCC(=O)OC[C@H](N)C=O. The summed E-state index contributed by atoms with van der Waals surface area (Å²) in [6.07, 6.45) is 0.398. The van der Waals surface area contributed by atoms with E-state index in [9.17, 15) is 19.5 Å². The largest absolute Gasteiger partial charge is 0.464 e. The first kappa shape index (κ1) is 18.5. The molecule has 7 nitrogen and oxygen atoms in total. The maximum atomic E-state index is 11.4. The van der Waals surface area contributed by atoms with Gasteiger partial charge in [-0.3, -0.25) is 9.59 Å². The summed E-state index contributed by atoms with van der Waals surface area (Å²) in [7, 11) is 0. The standard InChI is InChI=1S/C13H24N2O5/c1-9(2)6-11(17)13(19)15-5-3-4-12(18)20-8-10(14)7-16/h7,9-11,17H,3-6,8,14H2,1-2H3,(H,15,19)/t10-,11+/m1/s1. The van der Waals surface area contributed by atoms with Crippen molar-refractivity contribution in [1.29, 1.82) is 0 Å². The van der Waals surface area contributed by atoms with Crippen molar-refractivity contribution >= 4 is 18.2 Å². The van der Waals surface area contributed by atoms with Gasteiger partial charge in [-0.2, -0.15) is 0 Å². The van der Waals surface area contributed by atoms with Crippen molar-refractivity contribution in [1.82, 2.24) is 5.32 Å². The number of hydrogen-bond acceptors (Lipinski definition) is 6. The second-order valence-electron chi connectivity index (χ2n) is 5.02. The molecule has 2 atom stereocenters. The third kappa shape index (κ3) is 9.46. The predicted octanol–water partition coefficient (Wildman–Crippen LogP) is -0.641. The van der Waals surface area contributed by atoms with Crippen LogP contribution in [0.25, 0.3) is 0 Å². The van der Waals surface area contributed by atoms with Crippen molar-refractivity contribution in [2.75, 3.05) is 13.2 Å². The molecule has 116 valence electrons. The maximum absolute atomic E-state index is 11.4. The molecule has 0 bridgehead atoms. The van der Waals surface area contributed by atoms with Crippen LogP contribution in [0.2, 0.25) is 0 Å². The number of carbonyl (C=O) groups excluding carboxylic acids is 3. The van der Waals surface area contributed by atoms with Gasteiger partial charge in [0, 0.05) is 13.0 Å². The van der Waals surface area contributed by atoms with E-state index in [-0.39, 0.29) is 25.5 Å². The maximum Gasteiger partial charge on any atom is 0.305 e. The number of rotatable bonds is 10. The fourth-order valence-corrected chi connectivity index (χ4v) is 1.42. The Morgan fingerprint density at radius 1 is 1.40 bits per heavy atom. The summed E-state index contributed by atoms with van der Waals surface area (Å²) in [5.41, 5.74) is 5.26. The normalized spacial score (nSPS) is 13.7. The molecule has 0 spiro atoms. The Labute approximate surface area is 118 Å². The lowest BCUT2D eigenvalue weighted by Crippen LogP contribution is -2.36. The van der Waals surface area contributed by atoms with Gasteiger partial charge in [-0.05, 0) is 18.8 Å². The van der Waals surface area contributed by atoms with Gasteiger partial charge in [0.15, 0.2) is 0 Å². The minimum Gasteiger partial charge on any atom is -0.464 e. The van der Waals surface area contributed by atoms with Crippen molar-refractivity contribution in [3.63, 3.8) is 0 Å². The lowest BCUT2D eigenvalue weighted by Gasteiger charge is -2.13. The molecular formula is C13H24N2O5. The molecule has 0 aromatic heterocycles. The molecule has 0 heterocycles. The van der Waals surface area contributed by atoms with Crippen LogP contribution in [0.15, 0.2) is 0 Å². The quantitative estimate of drug-likeness (QED) is 0.279. The number of nitrogens with two attached hydrogens (primary N) is 1. The van der Waals surface area contributed by atoms with Gasteiger partial charge in [0.05, 0.1) is 6.04 Å². The molecule has 0 fully saturated rings. The number of esters is 1. The van der Waals surface area contributed by atoms with Crippen LogP contribution in [0.4, 0.5) is 0 Å². The summed E-state index contributed by atoms with van der Waals surface area (Å²) in [6.45, 7) is 3.97. The topological polar surface area (TPSA) is 119 Å². The Balaban J connectivity index is 3.67. The van der Waals surface area contributed by atoms with E-state index in [0.29, 0.717) is 19.1 Å². The van der Waals surface area contributed by atoms with Crippen molar-refractivity contribution in [2.45, 2.75) is 45.3 Å². The number of hydrogen-bond donors (Lipinski definition) is 3. The van der Waals surface area contributed by atoms with E-state index in [1.165, 1.54) is 0 Å². The van der Waals surface area contributed by atoms with Crippen LogP contribution in [0.3, 0.4) is 0 Å². The highest BCUT2D eigenvalue weighted by atomic mass is 16.5. The molecule has 0 radical (unpaired) electrons. The molecule has 0 aliphatic heterocycles. The first-order valence-corrected chi connectivity index (χ1v) is 6.69. The van der Waals surface area contributed by atoms with Crippen LogP contribution in [0, 0.1) is 5.92 Å². The minimum absolute atomic E-state index is 0.117. The summed E-state index contributed by atoms with van der Waals surface area (Å²) in [5.74, 6) is -0.679. The smallest absolute Gasteiger partial charge is 0.305 e. The van der Waals surface area contributed by atoms with Gasteiger partial charge >= 0.3 is 5.97 Å². The molecule has 0 saturated carbocycles. The number of amides is 1. The molecule has 20 heavy (non-hydrogen) atoms.